The van der Waals surface area contributed by atoms with Crippen molar-refractivity contribution in [3.63, 3.8) is 0 Å². The molecular formula is C28H27FN6O3. The normalized spacial score (nSPS) is 20.6. The lowest BCUT2D eigenvalue weighted by Crippen LogP contribution is -2.42. The van der Waals surface area contributed by atoms with E-state index in [1.807, 2.05) is 22.1 Å². The number of amidine groups is 1. The number of piperidine rings is 1. The van der Waals surface area contributed by atoms with E-state index in [4.69, 9.17) is 19.5 Å². The maximum atomic E-state index is 13.5. The summed E-state index contributed by atoms with van der Waals surface area (Å²) in [4.78, 5) is 30.7. The molecule has 1 amide bonds. The summed E-state index contributed by atoms with van der Waals surface area (Å²) >= 11 is 0. The van der Waals surface area contributed by atoms with Crippen molar-refractivity contribution < 1.29 is 18.7 Å². The quantitative estimate of drug-likeness (QED) is 0.525. The lowest BCUT2D eigenvalue weighted by molar-refractivity contribution is 0.0718. The number of nitrogens with one attached hydrogen (secondary N) is 1. The van der Waals surface area contributed by atoms with E-state index in [-0.39, 0.29) is 29.8 Å². The first-order valence-corrected chi connectivity index (χ1v) is 12.6. The van der Waals surface area contributed by atoms with E-state index in [9.17, 15) is 9.18 Å². The molecule has 38 heavy (non-hydrogen) atoms. The van der Waals surface area contributed by atoms with Crippen LogP contribution in [0.15, 0.2) is 78.2 Å². The SMILES string of the molecule is COc1ccc(C(=O)N2CCC(Nc3nccc(C4C(c5ccc(F)cc5)N=C5OC=CN54)n3)CC2)cc1. The highest BCUT2D eigenvalue weighted by Gasteiger charge is 2.41. The summed E-state index contributed by atoms with van der Waals surface area (Å²) in [6, 6.07) is 15.5. The number of rotatable bonds is 6. The number of aliphatic imine (C=N–C) groups is 1. The number of anilines is 1. The van der Waals surface area contributed by atoms with E-state index in [2.05, 4.69) is 10.3 Å². The van der Waals surface area contributed by atoms with Gasteiger partial charge in [0.25, 0.3) is 11.9 Å². The van der Waals surface area contributed by atoms with E-state index in [1.165, 1.54) is 12.1 Å². The lowest BCUT2D eigenvalue weighted by atomic mass is 9.97. The van der Waals surface area contributed by atoms with Gasteiger partial charge in [-0.1, -0.05) is 12.1 Å². The van der Waals surface area contributed by atoms with E-state index in [1.54, 1.807) is 56.0 Å². The number of ether oxygens (including phenoxy) is 2. The molecule has 1 fully saturated rings. The Labute approximate surface area is 219 Å². The van der Waals surface area contributed by atoms with Gasteiger partial charge in [0.05, 0.1) is 12.8 Å². The van der Waals surface area contributed by atoms with E-state index in [0.717, 1.165) is 29.8 Å². The molecule has 0 bridgehead atoms. The molecule has 194 valence electrons. The van der Waals surface area contributed by atoms with E-state index >= 15 is 0 Å². The number of likely N-dealkylation sites (tertiary alicyclic amines) is 1. The van der Waals surface area contributed by atoms with Crippen LogP contribution >= 0.6 is 0 Å². The van der Waals surface area contributed by atoms with Gasteiger partial charge >= 0.3 is 0 Å². The molecule has 6 rings (SSSR count). The highest BCUT2D eigenvalue weighted by atomic mass is 19.1. The molecule has 3 aliphatic heterocycles. The minimum atomic E-state index is -0.300. The molecule has 1 aromatic heterocycles. The van der Waals surface area contributed by atoms with E-state index < -0.39 is 0 Å². The Kier molecular flexibility index (Phi) is 6.36. The number of carbonyl (C=O) groups excluding carboxylic acids is 1. The second-order valence-electron chi connectivity index (χ2n) is 9.41. The van der Waals surface area contributed by atoms with Gasteiger partial charge in [0.15, 0.2) is 0 Å². The van der Waals surface area contributed by atoms with Crippen LogP contribution in [0.2, 0.25) is 0 Å². The zero-order valence-corrected chi connectivity index (χ0v) is 20.8. The summed E-state index contributed by atoms with van der Waals surface area (Å²) < 4.78 is 24.3. The summed E-state index contributed by atoms with van der Waals surface area (Å²) in [7, 11) is 1.61. The van der Waals surface area contributed by atoms with Gasteiger partial charge in [-0.05, 0) is 60.9 Å². The average Bonchev–Trinajstić information content (AvgIpc) is 3.55. The molecule has 0 radical (unpaired) electrons. The predicted octanol–water partition coefficient (Wildman–Crippen LogP) is 4.30. The summed E-state index contributed by atoms with van der Waals surface area (Å²) in [6.07, 6.45) is 6.72. The van der Waals surface area contributed by atoms with Gasteiger partial charge in [0.1, 0.15) is 29.9 Å². The first-order valence-electron chi connectivity index (χ1n) is 12.6. The van der Waals surface area contributed by atoms with Gasteiger partial charge < -0.3 is 19.7 Å². The Balaban J connectivity index is 1.13. The standard InChI is InChI=1S/C28H27FN6O3/c1-37-22-8-4-19(5-9-22)26(36)34-14-11-21(12-15-34)31-27-30-13-10-23(32-27)25-24(18-2-6-20(29)7-3-18)33-28-35(25)16-17-38-28/h2-10,13,16-17,21,24-25H,11-12,14-15H2,1H3,(H,30,31,32). The van der Waals surface area contributed by atoms with Gasteiger partial charge in [-0.2, -0.15) is 0 Å². The Morgan fingerprint density at radius 3 is 2.58 bits per heavy atom. The number of benzene rings is 2. The van der Waals surface area contributed by atoms with Crippen LogP contribution < -0.4 is 10.1 Å². The molecule has 2 aromatic carbocycles. The van der Waals surface area contributed by atoms with Crippen molar-refractivity contribution in [2.75, 3.05) is 25.5 Å². The monoisotopic (exact) mass is 514 g/mol. The molecule has 0 aliphatic carbocycles. The smallest absolute Gasteiger partial charge is 0.298 e. The van der Waals surface area contributed by atoms with Crippen molar-refractivity contribution in [1.82, 2.24) is 19.8 Å². The molecule has 1 N–H and O–H groups in total. The zero-order chi connectivity index (χ0) is 26.1. The number of amides is 1. The first-order chi connectivity index (χ1) is 18.6. The maximum absolute atomic E-state index is 13.5. The van der Waals surface area contributed by atoms with Crippen molar-refractivity contribution >= 4 is 17.9 Å². The number of hydrogen-bond acceptors (Lipinski definition) is 8. The number of nitrogens with zero attached hydrogens (tertiary/aromatic N) is 5. The highest BCUT2D eigenvalue weighted by Crippen LogP contribution is 2.43. The molecule has 3 aliphatic rings. The number of carbonyl (C=O) groups is 1. The molecule has 3 aromatic rings. The Morgan fingerprint density at radius 2 is 1.84 bits per heavy atom. The molecule has 9 nitrogen and oxygen atoms in total. The summed E-state index contributed by atoms with van der Waals surface area (Å²) in [5.74, 6) is 0.981. The predicted molar refractivity (Wildman–Crippen MR) is 139 cm³/mol. The first kappa shape index (κ1) is 23.9. The number of hydrogen-bond donors (Lipinski definition) is 1. The van der Waals surface area contributed by atoms with Crippen LogP contribution in [0.1, 0.15) is 46.5 Å². The van der Waals surface area contributed by atoms with Crippen molar-refractivity contribution in [2.45, 2.75) is 31.0 Å². The van der Waals surface area contributed by atoms with Gasteiger partial charge in [0.2, 0.25) is 5.95 Å². The molecular weight excluding hydrogens is 487 g/mol. The molecule has 2 atom stereocenters. The van der Waals surface area contributed by atoms with Gasteiger partial charge in [-0.25, -0.2) is 19.4 Å². The minimum absolute atomic E-state index is 0.0223. The number of aromatic nitrogens is 2. The number of halogens is 1. The lowest BCUT2D eigenvalue weighted by Gasteiger charge is -2.32. The van der Waals surface area contributed by atoms with Crippen molar-refractivity contribution in [1.29, 1.82) is 0 Å². The van der Waals surface area contributed by atoms with Gasteiger partial charge in [-0.3, -0.25) is 9.69 Å². The maximum Gasteiger partial charge on any atom is 0.298 e. The fourth-order valence-electron chi connectivity index (χ4n) is 5.09. The van der Waals surface area contributed by atoms with Crippen LogP contribution in [-0.2, 0) is 4.74 Å². The van der Waals surface area contributed by atoms with Crippen LogP contribution in [0.3, 0.4) is 0 Å². The zero-order valence-electron chi connectivity index (χ0n) is 20.8. The van der Waals surface area contributed by atoms with Crippen LogP contribution in [0.4, 0.5) is 10.3 Å². The Bertz CT molecular complexity index is 1370. The third-order valence-corrected chi connectivity index (χ3v) is 7.11. The fourth-order valence-corrected chi connectivity index (χ4v) is 5.09. The van der Waals surface area contributed by atoms with Gasteiger partial charge in [-0.15, -0.1) is 0 Å². The van der Waals surface area contributed by atoms with Crippen molar-refractivity contribution in [3.8, 4) is 5.75 Å². The van der Waals surface area contributed by atoms with Crippen LogP contribution in [0.5, 0.6) is 5.75 Å². The molecule has 10 heteroatoms. The van der Waals surface area contributed by atoms with Crippen LogP contribution in [0, 0.1) is 5.82 Å². The Hall–Kier alpha value is -4.47. The number of fused-ring (bicyclic) bond motifs is 1. The second-order valence-corrected chi connectivity index (χ2v) is 9.41. The van der Waals surface area contributed by atoms with Crippen molar-refractivity contribution in [3.05, 3.63) is 95.9 Å². The van der Waals surface area contributed by atoms with Gasteiger partial charge in [0, 0.05) is 37.1 Å². The summed E-state index contributed by atoms with van der Waals surface area (Å²) in [5.41, 5.74) is 2.30. The average molecular weight is 515 g/mol. The molecule has 0 saturated carbocycles. The largest absolute Gasteiger partial charge is 0.497 e. The van der Waals surface area contributed by atoms with Crippen LogP contribution in [-0.4, -0.2) is 57.9 Å². The summed E-state index contributed by atoms with van der Waals surface area (Å²) in [5, 5.41) is 3.45. The third-order valence-electron chi connectivity index (χ3n) is 7.11. The van der Waals surface area contributed by atoms with E-state index in [0.29, 0.717) is 30.6 Å². The summed E-state index contributed by atoms with van der Waals surface area (Å²) in [6.45, 7) is 1.29. The number of methoxy groups -OCH3 is 1. The fraction of sp³-hybridized carbons (Fsp3) is 0.286. The third kappa shape index (κ3) is 4.65. The highest BCUT2D eigenvalue weighted by molar-refractivity contribution is 5.94. The molecule has 4 heterocycles. The molecule has 2 unspecified atom stereocenters. The molecule has 0 spiro atoms. The topological polar surface area (TPSA) is 92.2 Å². The second kappa shape index (κ2) is 10.1. The van der Waals surface area contributed by atoms with Crippen LogP contribution in [0.25, 0.3) is 0 Å². The Morgan fingerprint density at radius 1 is 1.08 bits per heavy atom. The molecule has 1 saturated heterocycles. The van der Waals surface area contributed by atoms with Crippen molar-refractivity contribution in [2.24, 2.45) is 4.99 Å². The minimum Gasteiger partial charge on any atom is -0.497 e.